The van der Waals surface area contributed by atoms with Crippen LogP contribution in [0.4, 0.5) is 0 Å². The zero-order valence-electron chi connectivity index (χ0n) is 12.1. The first-order chi connectivity index (χ1) is 8.58. The SMILES string of the molecule is CSC1(CNC(=O)CCNC(C)C)CCCCC1. The fourth-order valence-corrected chi connectivity index (χ4v) is 3.39. The van der Waals surface area contributed by atoms with E-state index in [1.807, 2.05) is 11.8 Å². The molecule has 0 aromatic rings. The molecule has 1 aliphatic carbocycles. The van der Waals surface area contributed by atoms with Gasteiger partial charge in [-0.3, -0.25) is 4.79 Å². The van der Waals surface area contributed by atoms with Gasteiger partial charge in [-0.2, -0.15) is 11.8 Å². The van der Waals surface area contributed by atoms with Crippen LogP contribution < -0.4 is 10.6 Å². The molecule has 0 spiro atoms. The molecule has 0 bridgehead atoms. The third kappa shape index (κ3) is 5.61. The highest BCUT2D eigenvalue weighted by molar-refractivity contribution is 8.00. The summed E-state index contributed by atoms with van der Waals surface area (Å²) in [5.41, 5.74) is 0. The highest BCUT2D eigenvalue weighted by atomic mass is 32.2. The van der Waals surface area contributed by atoms with Crippen LogP contribution in [0.3, 0.4) is 0 Å². The third-order valence-electron chi connectivity index (χ3n) is 3.71. The Morgan fingerprint density at radius 3 is 2.50 bits per heavy atom. The average molecular weight is 272 g/mol. The molecule has 1 rings (SSSR count). The standard InChI is InChI=1S/C14H28N2OS/c1-12(2)15-10-7-13(17)16-11-14(18-3)8-5-4-6-9-14/h12,15H,4-11H2,1-3H3,(H,16,17). The van der Waals surface area contributed by atoms with Crippen LogP contribution in [0.5, 0.6) is 0 Å². The Morgan fingerprint density at radius 1 is 1.28 bits per heavy atom. The van der Waals surface area contributed by atoms with Crippen molar-refractivity contribution in [3.8, 4) is 0 Å². The minimum absolute atomic E-state index is 0.183. The second kappa shape index (κ2) is 8.05. The first-order valence-corrected chi connectivity index (χ1v) is 8.36. The van der Waals surface area contributed by atoms with Gasteiger partial charge in [0, 0.05) is 30.3 Å². The monoisotopic (exact) mass is 272 g/mol. The van der Waals surface area contributed by atoms with Gasteiger partial charge in [-0.25, -0.2) is 0 Å². The summed E-state index contributed by atoms with van der Waals surface area (Å²) >= 11 is 1.93. The molecule has 0 radical (unpaired) electrons. The summed E-state index contributed by atoms with van der Waals surface area (Å²) in [7, 11) is 0. The van der Waals surface area contributed by atoms with Crippen LogP contribution in [-0.4, -0.2) is 36.0 Å². The highest BCUT2D eigenvalue weighted by Crippen LogP contribution is 2.37. The fraction of sp³-hybridized carbons (Fsp3) is 0.929. The molecular weight excluding hydrogens is 244 g/mol. The molecule has 0 saturated heterocycles. The number of thioether (sulfide) groups is 1. The summed E-state index contributed by atoms with van der Waals surface area (Å²) in [5, 5.41) is 6.39. The maximum atomic E-state index is 11.8. The van der Waals surface area contributed by atoms with Gasteiger partial charge in [0.05, 0.1) is 0 Å². The van der Waals surface area contributed by atoms with E-state index in [4.69, 9.17) is 0 Å². The van der Waals surface area contributed by atoms with E-state index in [1.54, 1.807) is 0 Å². The van der Waals surface area contributed by atoms with E-state index in [2.05, 4.69) is 30.7 Å². The topological polar surface area (TPSA) is 41.1 Å². The molecule has 2 N–H and O–H groups in total. The van der Waals surface area contributed by atoms with Gasteiger partial charge in [0.2, 0.25) is 5.91 Å². The van der Waals surface area contributed by atoms with Crippen molar-refractivity contribution in [1.82, 2.24) is 10.6 Å². The van der Waals surface area contributed by atoms with E-state index in [-0.39, 0.29) is 5.91 Å². The Bertz CT molecular complexity index is 250. The summed E-state index contributed by atoms with van der Waals surface area (Å²) in [6.45, 7) is 5.82. The summed E-state index contributed by atoms with van der Waals surface area (Å²) < 4.78 is 0.305. The maximum absolute atomic E-state index is 11.8. The molecule has 1 amide bonds. The van der Waals surface area contributed by atoms with Gasteiger partial charge in [0.15, 0.2) is 0 Å². The van der Waals surface area contributed by atoms with Crippen molar-refractivity contribution >= 4 is 17.7 Å². The number of rotatable bonds is 7. The molecule has 3 nitrogen and oxygen atoms in total. The van der Waals surface area contributed by atoms with E-state index >= 15 is 0 Å². The number of nitrogens with one attached hydrogen (secondary N) is 2. The van der Waals surface area contributed by atoms with Crippen LogP contribution in [0.25, 0.3) is 0 Å². The summed E-state index contributed by atoms with van der Waals surface area (Å²) in [4.78, 5) is 11.8. The Morgan fingerprint density at radius 2 is 1.94 bits per heavy atom. The third-order valence-corrected chi connectivity index (χ3v) is 5.13. The molecule has 1 saturated carbocycles. The number of carbonyl (C=O) groups excluding carboxylic acids is 1. The molecule has 18 heavy (non-hydrogen) atoms. The zero-order valence-corrected chi connectivity index (χ0v) is 12.9. The van der Waals surface area contributed by atoms with Crippen LogP contribution in [0.1, 0.15) is 52.4 Å². The van der Waals surface area contributed by atoms with Gasteiger partial charge in [0.25, 0.3) is 0 Å². The lowest BCUT2D eigenvalue weighted by molar-refractivity contribution is -0.121. The summed E-state index contributed by atoms with van der Waals surface area (Å²) in [5.74, 6) is 0.183. The van der Waals surface area contributed by atoms with Gasteiger partial charge in [-0.15, -0.1) is 0 Å². The average Bonchev–Trinajstić information content (AvgIpc) is 2.37. The number of hydrogen-bond donors (Lipinski definition) is 2. The molecule has 0 atom stereocenters. The first kappa shape index (κ1) is 15.8. The smallest absolute Gasteiger partial charge is 0.221 e. The molecular formula is C14H28N2OS. The molecule has 0 unspecified atom stereocenters. The van der Waals surface area contributed by atoms with Crippen molar-refractivity contribution < 1.29 is 4.79 Å². The molecule has 0 aliphatic heterocycles. The van der Waals surface area contributed by atoms with Crippen LogP contribution in [0.15, 0.2) is 0 Å². The number of hydrogen-bond acceptors (Lipinski definition) is 3. The van der Waals surface area contributed by atoms with Crippen molar-refractivity contribution in [3.05, 3.63) is 0 Å². The molecule has 1 aliphatic rings. The van der Waals surface area contributed by atoms with Crippen molar-refractivity contribution in [1.29, 1.82) is 0 Å². The highest BCUT2D eigenvalue weighted by Gasteiger charge is 2.31. The summed E-state index contributed by atoms with van der Waals surface area (Å²) in [6.07, 6.45) is 9.24. The van der Waals surface area contributed by atoms with Crippen molar-refractivity contribution in [2.75, 3.05) is 19.3 Å². The van der Waals surface area contributed by atoms with E-state index in [0.29, 0.717) is 17.2 Å². The quantitative estimate of drug-likeness (QED) is 0.748. The lowest BCUT2D eigenvalue weighted by Crippen LogP contribution is -2.42. The van der Waals surface area contributed by atoms with Crippen molar-refractivity contribution in [3.63, 3.8) is 0 Å². The second-order valence-electron chi connectivity index (χ2n) is 5.58. The molecule has 4 heteroatoms. The van der Waals surface area contributed by atoms with Crippen LogP contribution >= 0.6 is 11.8 Å². The molecule has 106 valence electrons. The van der Waals surface area contributed by atoms with Gasteiger partial charge in [-0.1, -0.05) is 33.1 Å². The Kier molecular flexibility index (Phi) is 7.08. The second-order valence-corrected chi connectivity index (χ2v) is 6.86. The first-order valence-electron chi connectivity index (χ1n) is 7.13. The van der Waals surface area contributed by atoms with Gasteiger partial charge in [-0.05, 0) is 19.1 Å². The van der Waals surface area contributed by atoms with E-state index in [1.165, 1.54) is 32.1 Å². The zero-order chi connectivity index (χ0) is 13.4. The van der Waals surface area contributed by atoms with E-state index in [0.717, 1.165) is 13.1 Å². The Hall–Kier alpha value is -0.220. The number of amides is 1. The molecule has 0 aromatic heterocycles. The predicted octanol–water partition coefficient (Wildman–Crippen LogP) is 2.56. The minimum atomic E-state index is 0.183. The van der Waals surface area contributed by atoms with Crippen LogP contribution in [0.2, 0.25) is 0 Å². The number of carbonyl (C=O) groups is 1. The van der Waals surface area contributed by atoms with Crippen molar-refractivity contribution in [2.45, 2.75) is 63.2 Å². The minimum Gasteiger partial charge on any atom is -0.355 e. The Balaban J connectivity index is 2.23. The molecule has 0 heterocycles. The predicted molar refractivity (Wildman–Crippen MR) is 80.1 cm³/mol. The summed E-state index contributed by atoms with van der Waals surface area (Å²) in [6, 6.07) is 0.452. The van der Waals surface area contributed by atoms with E-state index in [9.17, 15) is 4.79 Å². The van der Waals surface area contributed by atoms with Gasteiger partial charge >= 0.3 is 0 Å². The van der Waals surface area contributed by atoms with Gasteiger partial charge < -0.3 is 10.6 Å². The lowest BCUT2D eigenvalue weighted by Gasteiger charge is -2.35. The fourth-order valence-electron chi connectivity index (χ4n) is 2.47. The van der Waals surface area contributed by atoms with E-state index < -0.39 is 0 Å². The van der Waals surface area contributed by atoms with Crippen LogP contribution in [0, 0.1) is 0 Å². The van der Waals surface area contributed by atoms with Crippen LogP contribution in [-0.2, 0) is 4.79 Å². The van der Waals surface area contributed by atoms with Crippen molar-refractivity contribution in [2.24, 2.45) is 0 Å². The lowest BCUT2D eigenvalue weighted by atomic mass is 9.88. The normalized spacial score (nSPS) is 18.9. The molecule has 0 aromatic carbocycles. The Labute approximate surface area is 116 Å². The largest absolute Gasteiger partial charge is 0.355 e. The molecule has 1 fully saturated rings. The van der Waals surface area contributed by atoms with Gasteiger partial charge in [0.1, 0.15) is 0 Å². The maximum Gasteiger partial charge on any atom is 0.221 e.